The number of thiophene rings is 1. The molecule has 1 N–H and O–H groups in total. The highest BCUT2D eigenvalue weighted by Gasteiger charge is 2.31. The lowest BCUT2D eigenvalue weighted by Gasteiger charge is -2.32. The second kappa shape index (κ2) is 5.69. The molecule has 2 rings (SSSR count). The zero-order chi connectivity index (χ0) is 13.2. The molecule has 0 amide bonds. The number of aryl methyl sites for hydroxylation is 1. The Labute approximate surface area is 113 Å². The predicted octanol–water partition coefficient (Wildman–Crippen LogP) is 1.82. The van der Waals surface area contributed by atoms with E-state index in [2.05, 4.69) is 5.32 Å². The van der Waals surface area contributed by atoms with E-state index in [0.717, 1.165) is 30.8 Å². The van der Waals surface area contributed by atoms with Gasteiger partial charge in [0.2, 0.25) is 0 Å². The van der Waals surface area contributed by atoms with E-state index in [0.29, 0.717) is 10.8 Å². The van der Waals surface area contributed by atoms with Gasteiger partial charge in [0.25, 0.3) is 10.0 Å². The third-order valence-electron chi connectivity index (χ3n) is 3.27. The first-order valence-corrected chi connectivity index (χ1v) is 8.60. The Balaban J connectivity index is 2.25. The van der Waals surface area contributed by atoms with Gasteiger partial charge in [-0.3, -0.25) is 0 Å². The van der Waals surface area contributed by atoms with Gasteiger partial charge in [0.05, 0.1) is 0 Å². The first kappa shape index (κ1) is 14.0. The zero-order valence-corrected chi connectivity index (χ0v) is 12.5. The average molecular weight is 288 g/mol. The van der Waals surface area contributed by atoms with E-state index in [1.807, 2.05) is 19.9 Å². The maximum absolute atomic E-state index is 12.6. The summed E-state index contributed by atoms with van der Waals surface area (Å²) in [7, 11) is -3.32. The summed E-state index contributed by atoms with van der Waals surface area (Å²) >= 11 is 1.35. The quantitative estimate of drug-likeness (QED) is 0.919. The minimum Gasteiger partial charge on any atom is -0.315 e. The Morgan fingerprint density at radius 2 is 2.28 bits per heavy atom. The first-order chi connectivity index (χ1) is 8.55. The number of hydrogen-bond acceptors (Lipinski definition) is 4. The maximum atomic E-state index is 12.6. The highest BCUT2D eigenvalue weighted by atomic mass is 32.2. The van der Waals surface area contributed by atoms with Gasteiger partial charge < -0.3 is 5.32 Å². The number of nitrogens with one attached hydrogen (secondary N) is 1. The molecule has 0 bridgehead atoms. The fraction of sp³-hybridized carbons (Fsp3) is 0.667. The van der Waals surface area contributed by atoms with Gasteiger partial charge in [0.15, 0.2) is 0 Å². The van der Waals surface area contributed by atoms with Crippen LogP contribution in [-0.4, -0.2) is 38.4 Å². The van der Waals surface area contributed by atoms with E-state index in [4.69, 9.17) is 0 Å². The van der Waals surface area contributed by atoms with Crippen LogP contribution in [0.2, 0.25) is 0 Å². The van der Waals surface area contributed by atoms with Gasteiger partial charge in [-0.25, -0.2) is 8.42 Å². The van der Waals surface area contributed by atoms with Crippen molar-refractivity contribution in [1.82, 2.24) is 9.62 Å². The SMILES string of the molecule is CCN(C1CCCNC1)S(=O)(=O)c1ccc(C)s1. The fourth-order valence-electron chi connectivity index (χ4n) is 2.37. The maximum Gasteiger partial charge on any atom is 0.252 e. The second-order valence-electron chi connectivity index (χ2n) is 4.57. The summed E-state index contributed by atoms with van der Waals surface area (Å²) in [6.07, 6.45) is 1.99. The lowest BCUT2D eigenvalue weighted by atomic mass is 10.1. The van der Waals surface area contributed by atoms with Crippen molar-refractivity contribution in [3.63, 3.8) is 0 Å². The number of likely N-dealkylation sites (N-methyl/N-ethyl adjacent to an activating group) is 1. The molecule has 1 aromatic rings. The molecule has 6 heteroatoms. The van der Waals surface area contributed by atoms with Gasteiger partial charge in [-0.05, 0) is 38.4 Å². The molecule has 18 heavy (non-hydrogen) atoms. The Bertz CT molecular complexity index is 490. The average Bonchev–Trinajstić information content (AvgIpc) is 2.78. The molecule has 1 unspecified atom stereocenters. The van der Waals surface area contributed by atoms with Crippen LogP contribution in [0.25, 0.3) is 0 Å². The molecule has 1 atom stereocenters. The molecule has 0 saturated carbocycles. The van der Waals surface area contributed by atoms with Crippen molar-refractivity contribution in [3.8, 4) is 0 Å². The third kappa shape index (κ3) is 2.77. The minimum absolute atomic E-state index is 0.0937. The third-order valence-corrected chi connectivity index (χ3v) is 6.76. The topological polar surface area (TPSA) is 49.4 Å². The molecule has 102 valence electrons. The van der Waals surface area contributed by atoms with Crippen molar-refractivity contribution < 1.29 is 8.42 Å². The Kier molecular flexibility index (Phi) is 4.42. The predicted molar refractivity (Wildman–Crippen MR) is 74.5 cm³/mol. The highest BCUT2D eigenvalue weighted by molar-refractivity contribution is 7.91. The van der Waals surface area contributed by atoms with Crippen molar-refractivity contribution in [3.05, 3.63) is 17.0 Å². The lowest BCUT2D eigenvalue weighted by molar-refractivity contribution is 0.275. The Hall–Kier alpha value is -0.430. The molecule has 1 fully saturated rings. The molecule has 1 aliphatic rings. The summed E-state index contributed by atoms with van der Waals surface area (Å²) in [5, 5.41) is 3.28. The largest absolute Gasteiger partial charge is 0.315 e. The Morgan fingerprint density at radius 3 is 2.78 bits per heavy atom. The van der Waals surface area contributed by atoms with Crippen LogP contribution in [0.4, 0.5) is 0 Å². The van der Waals surface area contributed by atoms with E-state index < -0.39 is 10.0 Å². The summed E-state index contributed by atoms with van der Waals surface area (Å²) in [4.78, 5) is 1.03. The molecular formula is C12H20N2O2S2. The smallest absolute Gasteiger partial charge is 0.252 e. The molecule has 0 aliphatic carbocycles. The van der Waals surface area contributed by atoms with E-state index in [1.165, 1.54) is 11.3 Å². The second-order valence-corrected chi connectivity index (χ2v) is 7.98. The van der Waals surface area contributed by atoms with Crippen molar-refractivity contribution in [2.75, 3.05) is 19.6 Å². The summed E-state index contributed by atoms with van der Waals surface area (Å²) in [6.45, 7) is 6.13. The number of sulfonamides is 1. The van der Waals surface area contributed by atoms with E-state index in [-0.39, 0.29) is 6.04 Å². The van der Waals surface area contributed by atoms with Gasteiger partial charge in [0.1, 0.15) is 4.21 Å². The van der Waals surface area contributed by atoms with Crippen LogP contribution in [-0.2, 0) is 10.0 Å². The molecule has 1 saturated heterocycles. The van der Waals surface area contributed by atoms with Crippen molar-refractivity contribution in [2.45, 2.75) is 36.9 Å². The zero-order valence-electron chi connectivity index (χ0n) is 10.8. The van der Waals surface area contributed by atoms with Crippen LogP contribution in [0.5, 0.6) is 0 Å². The van der Waals surface area contributed by atoms with E-state index in [1.54, 1.807) is 10.4 Å². The van der Waals surface area contributed by atoms with Crippen molar-refractivity contribution in [1.29, 1.82) is 0 Å². The summed E-state index contributed by atoms with van der Waals surface area (Å²) in [5.41, 5.74) is 0. The summed E-state index contributed by atoms with van der Waals surface area (Å²) in [5.74, 6) is 0. The number of piperidine rings is 1. The van der Waals surface area contributed by atoms with Crippen LogP contribution >= 0.6 is 11.3 Å². The van der Waals surface area contributed by atoms with E-state index in [9.17, 15) is 8.42 Å². The standard InChI is InChI=1S/C12H20N2O2S2/c1-3-14(11-5-4-8-13-9-11)18(15,16)12-7-6-10(2)17-12/h6-7,11,13H,3-5,8-9H2,1-2H3. The molecular weight excluding hydrogens is 268 g/mol. The highest BCUT2D eigenvalue weighted by Crippen LogP contribution is 2.26. The van der Waals surface area contributed by atoms with Crippen LogP contribution in [0, 0.1) is 6.92 Å². The van der Waals surface area contributed by atoms with Gasteiger partial charge in [0, 0.05) is 24.0 Å². The monoisotopic (exact) mass is 288 g/mol. The van der Waals surface area contributed by atoms with Gasteiger partial charge in [-0.2, -0.15) is 4.31 Å². The molecule has 0 radical (unpaired) electrons. The van der Waals surface area contributed by atoms with E-state index >= 15 is 0 Å². The number of rotatable bonds is 4. The van der Waals surface area contributed by atoms with Crippen LogP contribution in [0.3, 0.4) is 0 Å². The van der Waals surface area contributed by atoms with Gasteiger partial charge in [-0.1, -0.05) is 6.92 Å². The Morgan fingerprint density at radius 1 is 1.50 bits per heavy atom. The molecule has 2 heterocycles. The minimum atomic E-state index is -3.32. The molecule has 4 nitrogen and oxygen atoms in total. The van der Waals surface area contributed by atoms with Crippen LogP contribution < -0.4 is 5.32 Å². The first-order valence-electron chi connectivity index (χ1n) is 6.34. The molecule has 1 aliphatic heterocycles. The molecule has 0 spiro atoms. The number of hydrogen-bond donors (Lipinski definition) is 1. The molecule has 1 aromatic heterocycles. The van der Waals surface area contributed by atoms with Crippen LogP contribution in [0.15, 0.2) is 16.3 Å². The van der Waals surface area contributed by atoms with Crippen molar-refractivity contribution in [2.24, 2.45) is 0 Å². The van der Waals surface area contributed by atoms with Gasteiger partial charge >= 0.3 is 0 Å². The fourth-order valence-corrected chi connectivity index (χ4v) is 5.45. The number of nitrogens with zero attached hydrogens (tertiary/aromatic N) is 1. The lowest BCUT2D eigenvalue weighted by Crippen LogP contribution is -2.48. The van der Waals surface area contributed by atoms with Gasteiger partial charge in [-0.15, -0.1) is 11.3 Å². The summed E-state index contributed by atoms with van der Waals surface area (Å²) in [6, 6.07) is 3.68. The van der Waals surface area contributed by atoms with Crippen LogP contribution in [0.1, 0.15) is 24.6 Å². The summed E-state index contributed by atoms with van der Waals surface area (Å²) < 4.78 is 27.3. The van der Waals surface area contributed by atoms with Crippen molar-refractivity contribution >= 4 is 21.4 Å². The molecule has 0 aromatic carbocycles. The normalized spacial score (nSPS) is 21.4.